The van der Waals surface area contributed by atoms with Gasteiger partial charge in [0.1, 0.15) is 5.75 Å². The highest BCUT2D eigenvalue weighted by Crippen LogP contribution is 2.11. The van der Waals surface area contributed by atoms with Crippen molar-refractivity contribution in [1.82, 2.24) is 0 Å². The van der Waals surface area contributed by atoms with E-state index in [-0.39, 0.29) is 5.75 Å². The number of thiol groups is 1. The zero-order valence-corrected chi connectivity index (χ0v) is 11.3. The molecule has 0 aliphatic heterocycles. The van der Waals surface area contributed by atoms with Crippen molar-refractivity contribution in [3.05, 3.63) is 24.3 Å². The van der Waals surface area contributed by atoms with Gasteiger partial charge in [-0.15, -0.1) is 12.6 Å². The Bertz CT molecular complexity index is 254. The van der Waals surface area contributed by atoms with E-state index in [0.29, 0.717) is 39.5 Å². The Morgan fingerprint density at radius 3 is 1.67 bits per heavy atom. The van der Waals surface area contributed by atoms with Gasteiger partial charge in [0.15, 0.2) is 0 Å². The van der Waals surface area contributed by atoms with E-state index in [1.165, 1.54) is 0 Å². The molecule has 18 heavy (non-hydrogen) atoms. The molecular formula is C12H22N2O3S. The van der Waals surface area contributed by atoms with Gasteiger partial charge in [-0.25, -0.2) is 0 Å². The minimum atomic E-state index is 0.280. The Morgan fingerprint density at radius 2 is 1.33 bits per heavy atom. The summed E-state index contributed by atoms with van der Waals surface area (Å²) in [5, 5.41) is 8.72. The minimum absolute atomic E-state index is 0.280. The van der Waals surface area contributed by atoms with E-state index in [2.05, 4.69) is 12.6 Å². The Morgan fingerprint density at radius 1 is 0.889 bits per heavy atom. The second-order valence-corrected chi connectivity index (χ2v) is 3.83. The van der Waals surface area contributed by atoms with Gasteiger partial charge in [-0.05, 0) is 24.3 Å². The van der Waals surface area contributed by atoms with Gasteiger partial charge in [0.05, 0.1) is 26.4 Å². The number of phenolic OH excluding ortho intramolecular Hbond substituents is 1. The molecule has 1 aromatic rings. The molecule has 0 heterocycles. The van der Waals surface area contributed by atoms with Gasteiger partial charge in [0, 0.05) is 18.0 Å². The quantitative estimate of drug-likeness (QED) is 0.432. The molecule has 1 rings (SSSR count). The molecule has 0 aromatic heterocycles. The minimum Gasteiger partial charge on any atom is -0.508 e. The normalized spacial score (nSPS) is 9.72. The van der Waals surface area contributed by atoms with E-state index >= 15 is 0 Å². The highest BCUT2D eigenvalue weighted by Gasteiger charge is 1.86. The Hall–Kier alpha value is -0.790. The third-order valence-electron chi connectivity index (χ3n) is 1.75. The number of benzene rings is 1. The molecule has 104 valence electrons. The number of ether oxygens (including phenoxy) is 2. The van der Waals surface area contributed by atoms with E-state index in [1.54, 1.807) is 24.3 Å². The molecule has 5 N–H and O–H groups in total. The number of nitrogens with two attached hydrogens (primary N) is 2. The predicted molar refractivity (Wildman–Crippen MR) is 75.1 cm³/mol. The van der Waals surface area contributed by atoms with Crippen molar-refractivity contribution in [2.24, 2.45) is 11.5 Å². The summed E-state index contributed by atoms with van der Waals surface area (Å²) in [6, 6.07) is 6.67. The van der Waals surface area contributed by atoms with Crippen LogP contribution >= 0.6 is 12.6 Å². The van der Waals surface area contributed by atoms with Crippen molar-refractivity contribution < 1.29 is 14.6 Å². The lowest BCUT2D eigenvalue weighted by Gasteiger charge is -2.02. The van der Waals surface area contributed by atoms with Gasteiger partial charge in [0.25, 0.3) is 0 Å². The van der Waals surface area contributed by atoms with Crippen molar-refractivity contribution in [2.75, 3.05) is 39.5 Å². The summed E-state index contributed by atoms with van der Waals surface area (Å²) in [6.45, 7) is 3.56. The molecule has 0 bridgehead atoms. The maximum Gasteiger partial charge on any atom is 0.115 e. The van der Waals surface area contributed by atoms with E-state index in [4.69, 9.17) is 26.0 Å². The first-order valence-electron chi connectivity index (χ1n) is 5.74. The van der Waals surface area contributed by atoms with Crippen molar-refractivity contribution in [2.45, 2.75) is 4.90 Å². The van der Waals surface area contributed by atoms with Crippen molar-refractivity contribution in [3.63, 3.8) is 0 Å². The van der Waals surface area contributed by atoms with Gasteiger partial charge in [-0.2, -0.15) is 0 Å². The Labute approximate surface area is 113 Å². The predicted octanol–water partition coefficient (Wildman–Crippen LogP) is 0.618. The largest absolute Gasteiger partial charge is 0.508 e. The monoisotopic (exact) mass is 274 g/mol. The third kappa shape index (κ3) is 11.7. The first kappa shape index (κ1) is 17.2. The molecule has 0 aliphatic rings. The zero-order valence-electron chi connectivity index (χ0n) is 10.4. The SMILES string of the molecule is NCCOCCOCCN.Oc1ccc(S)cc1. The lowest BCUT2D eigenvalue weighted by Crippen LogP contribution is -2.14. The van der Waals surface area contributed by atoms with Crippen molar-refractivity contribution in [3.8, 4) is 5.75 Å². The van der Waals surface area contributed by atoms with E-state index < -0.39 is 0 Å². The summed E-state index contributed by atoms with van der Waals surface area (Å²) in [4.78, 5) is 0.864. The summed E-state index contributed by atoms with van der Waals surface area (Å²) >= 11 is 4.02. The average molecular weight is 274 g/mol. The Kier molecular flexibility index (Phi) is 12.1. The molecule has 0 amide bonds. The fourth-order valence-corrected chi connectivity index (χ4v) is 1.09. The van der Waals surface area contributed by atoms with Gasteiger partial charge in [-0.3, -0.25) is 0 Å². The number of hydrogen-bond donors (Lipinski definition) is 4. The molecule has 0 saturated heterocycles. The third-order valence-corrected chi connectivity index (χ3v) is 2.04. The topological polar surface area (TPSA) is 90.7 Å². The van der Waals surface area contributed by atoms with Crippen molar-refractivity contribution in [1.29, 1.82) is 0 Å². The molecule has 0 atom stereocenters. The summed E-state index contributed by atoms with van der Waals surface area (Å²) in [7, 11) is 0. The van der Waals surface area contributed by atoms with Crippen LogP contribution in [0.5, 0.6) is 5.75 Å². The zero-order chi connectivity index (χ0) is 13.6. The fourth-order valence-electron chi connectivity index (χ4n) is 0.941. The lowest BCUT2D eigenvalue weighted by molar-refractivity contribution is 0.0538. The molecule has 0 spiro atoms. The van der Waals surface area contributed by atoms with Crippen molar-refractivity contribution >= 4 is 12.6 Å². The van der Waals surface area contributed by atoms with E-state index in [1.807, 2.05) is 0 Å². The van der Waals surface area contributed by atoms with Crippen LogP contribution in [0.4, 0.5) is 0 Å². The number of hydrogen-bond acceptors (Lipinski definition) is 6. The standard InChI is InChI=1S/C6H16N2O2.C6H6OS/c7-1-3-9-5-6-10-4-2-8;7-5-1-3-6(8)4-2-5/h1-8H2;1-4,7-8H. The summed E-state index contributed by atoms with van der Waals surface area (Å²) < 4.78 is 10.1. The Balaban J connectivity index is 0.000000327. The van der Waals surface area contributed by atoms with E-state index in [0.717, 1.165) is 4.90 Å². The first-order valence-corrected chi connectivity index (χ1v) is 6.19. The van der Waals surface area contributed by atoms with Crippen LogP contribution in [-0.2, 0) is 9.47 Å². The van der Waals surface area contributed by atoms with E-state index in [9.17, 15) is 0 Å². The second-order valence-electron chi connectivity index (χ2n) is 3.32. The number of phenols is 1. The highest BCUT2D eigenvalue weighted by atomic mass is 32.1. The molecule has 0 fully saturated rings. The molecule has 5 nitrogen and oxygen atoms in total. The van der Waals surface area contributed by atoms with Gasteiger partial charge < -0.3 is 26.0 Å². The second kappa shape index (κ2) is 12.7. The van der Waals surface area contributed by atoms with Crippen LogP contribution in [-0.4, -0.2) is 44.6 Å². The molecular weight excluding hydrogens is 252 g/mol. The molecule has 0 saturated carbocycles. The highest BCUT2D eigenvalue weighted by molar-refractivity contribution is 7.80. The van der Waals surface area contributed by atoms with Crippen LogP contribution < -0.4 is 11.5 Å². The molecule has 0 aliphatic carbocycles. The average Bonchev–Trinajstić information content (AvgIpc) is 2.38. The van der Waals surface area contributed by atoms with Crippen LogP contribution in [0.15, 0.2) is 29.2 Å². The number of rotatable bonds is 7. The van der Waals surface area contributed by atoms with Crippen LogP contribution in [0.25, 0.3) is 0 Å². The molecule has 0 unspecified atom stereocenters. The molecule has 6 heteroatoms. The van der Waals surface area contributed by atoms with Crippen LogP contribution in [0, 0.1) is 0 Å². The van der Waals surface area contributed by atoms with Crippen LogP contribution in [0.2, 0.25) is 0 Å². The fraction of sp³-hybridized carbons (Fsp3) is 0.500. The maximum atomic E-state index is 8.72. The van der Waals surface area contributed by atoms with Gasteiger partial charge in [-0.1, -0.05) is 0 Å². The lowest BCUT2D eigenvalue weighted by atomic mass is 10.3. The van der Waals surface area contributed by atoms with Gasteiger partial charge in [0.2, 0.25) is 0 Å². The maximum absolute atomic E-state index is 8.72. The van der Waals surface area contributed by atoms with Crippen LogP contribution in [0.3, 0.4) is 0 Å². The van der Waals surface area contributed by atoms with Crippen LogP contribution in [0.1, 0.15) is 0 Å². The van der Waals surface area contributed by atoms with Gasteiger partial charge >= 0.3 is 0 Å². The molecule has 1 aromatic carbocycles. The summed E-state index contributed by atoms with van der Waals surface area (Å²) in [5.74, 6) is 0.280. The summed E-state index contributed by atoms with van der Waals surface area (Å²) in [5.41, 5.74) is 10.4. The smallest absolute Gasteiger partial charge is 0.115 e. The molecule has 0 radical (unpaired) electrons. The summed E-state index contributed by atoms with van der Waals surface area (Å²) in [6.07, 6.45) is 0. The first-order chi connectivity index (χ1) is 8.70. The number of aromatic hydroxyl groups is 1.